The van der Waals surface area contributed by atoms with E-state index in [9.17, 15) is 10.2 Å². The molecule has 0 aliphatic carbocycles. The second kappa shape index (κ2) is 8.42. The zero-order valence-electron chi connectivity index (χ0n) is 16.6. The van der Waals surface area contributed by atoms with Gasteiger partial charge in [0.15, 0.2) is 17.7 Å². The van der Waals surface area contributed by atoms with Crippen LogP contribution >= 0.6 is 11.8 Å². The zero-order chi connectivity index (χ0) is 21.4. The average molecular weight is 442 g/mol. The standard InChI is InChI=1S/C20H23N7O3S/c21-17-14-19(25-9-24-17)27(10-26-14)20-16(29)15(28)12(30-20)8-31-13-5-2-1-4-11(13)18-22-6-3-7-23-18/h1-2,4-5,9-10,12,15-16,20,28-29H,3,6-8H2,(H,22,23)(H2,21,24,25)/t12-,15-,16-,20-/m1/s1. The number of rotatable bonds is 5. The van der Waals surface area contributed by atoms with Gasteiger partial charge in [0, 0.05) is 29.3 Å². The fraction of sp³-hybridized carbons (Fsp3) is 0.400. The lowest BCUT2D eigenvalue weighted by atomic mass is 10.1. The predicted molar refractivity (Wildman–Crippen MR) is 117 cm³/mol. The summed E-state index contributed by atoms with van der Waals surface area (Å²) in [6.07, 6.45) is 0.286. The number of imidazole rings is 1. The van der Waals surface area contributed by atoms with Crippen molar-refractivity contribution in [3.63, 3.8) is 0 Å². The van der Waals surface area contributed by atoms with Crippen molar-refractivity contribution in [2.45, 2.75) is 35.9 Å². The van der Waals surface area contributed by atoms with Crippen LogP contribution in [-0.4, -0.2) is 72.7 Å². The van der Waals surface area contributed by atoms with Crippen molar-refractivity contribution in [3.8, 4) is 0 Å². The van der Waals surface area contributed by atoms with Crippen molar-refractivity contribution in [2.24, 2.45) is 4.99 Å². The molecular weight excluding hydrogens is 418 g/mol. The largest absolute Gasteiger partial charge is 0.387 e. The van der Waals surface area contributed by atoms with Gasteiger partial charge in [-0.1, -0.05) is 18.2 Å². The molecule has 1 aromatic carbocycles. The van der Waals surface area contributed by atoms with Crippen LogP contribution in [0.4, 0.5) is 5.82 Å². The van der Waals surface area contributed by atoms with E-state index in [1.54, 1.807) is 16.3 Å². The van der Waals surface area contributed by atoms with Crippen molar-refractivity contribution >= 4 is 34.6 Å². The maximum Gasteiger partial charge on any atom is 0.167 e. The second-order valence-corrected chi connectivity index (χ2v) is 8.51. The van der Waals surface area contributed by atoms with E-state index < -0.39 is 24.5 Å². The number of amidine groups is 1. The molecule has 0 amide bonds. The minimum absolute atomic E-state index is 0.250. The van der Waals surface area contributed by atoms with Gasteiger partial charge in [0.1, 0.15) is 29.9 Å². The lowest BCUT2D eigenvalue weighted by Gasteiger charge is -2.19. The maximum absolute atomic E-state index is 10.6. The van der Waals surface area contributed by atoms with E-state index >= 15 is 0 Å². The highest BCUT2D eigenvalue weighted by Crippen LogP contribution is 2.35. The molecule has 5 rings (SSSR count). The Morgan fingerprint density at radius 1 is 1.19 bits per heavy atom. The molecule has 11 heteroatoms. The Morgan fingerprint density at radius 3 is 2.90 bits per heavy atom. The molecule has 5 N–H and O–H groups in total. The van der Waals surface area contributed by atoms with Crippen LogP contribution in [0.1, 0.15) is 18.2 Å². The number of fused-ring (bicyclic) bond motifs is 1. The fourth-order valence-electron chi connectivity index (χ4n) is 3.83. The number of aliphatic hydroxyl groups is 2. The number of aromatic nitrogens is 4. The molecule has 1 saturated heterocycles. The number of nitrogens with two attached hydrogens (primary N) is 1. The lowest BCUT2D eigenvalue weighted by Crippen LogP contribution is -2.33. The number of hydrogen-bond donors (Lipinski definition) is 4. The first-order chi connectivity index (χ1) is 15.1. The number of hydrogen-bond acceptors (Lipinski definition) is 10. The van der Waals surface area contributed by atoms with Gasteiger partial charge in [0.25, 0.3) is 0 Å². The Labute approximate surface area is 182 Å². The number of thioether (sulfide) groups is 1. The summed E-state index contributed by atoms with van der Waals surface area (Å²) in [5.74, 6) is 1.60. The van der Waals surface area contributed by atoms with Crippen molar-refractivity contribution in [1.29, 1.82) is 0 Å². The van der Waals surface area contributed by atoms with Crippen LogP contribution in [-0.2, 0) is 4.74 Å². The van der Waals surface area contributed by atoms with E-state index in [0.717, 1.165) is 35.8 Å². The van der Waals surface area contributed by atoms with Gasteiger partial charge in [0.2, 0.25) is 0 Å². The molecule has 162 valence electrons. The molecule has 2 aliphatic rings. The number of nitrogens with one attached hydrogen (secondary N) is 1. The van der Waals surface area contributed by atoms with Crippen molar-refractivity contribution in [3.05, 3.63) is 42.5 Å². The molecule has 4 heterocycles. The average Bonchev–Trinajstić information content (AvgIpc) is 3.35. The summed E-state index contributed by atoms with van der Waals surface area (Å²) in [5.41, 5.74) is 7.76. The Morgan fingerprint density at radius 2 is 2.06 bits per heavy atom. The van der Waals surface area contributed by atoms with Crippen molar-refractivity contribution in [2.75, 3.05) is 24.6 Å². The van der Waals surface area contributed by atoms with Crippen LogP contribution in [0.3, 0.4) is 0 Å². The molecule has 10 nitrogen and oxygen atoms in total. The number of ether oxygens (including phenoxy) is 1. The lowest BCUT2D eigenvalue weighted by molar-refractivity contribution is -0.0289. The molecule has 2 aromatic heterocycles. The molecule has 0 saturated carbocycles. The third-order valence-corrected chi connectivity index (χ3v) is 6.60. The van der Waals surface area contributed by atoms with Crippen molar-refractivity contribution in [1.82, 2.24) is 24.8 Å². The molecule has 3 aromatic rings. The number of anilines is 1. The summed E-state index contributed by atoms with van der Waals surface area (Å²) in [5, 5.41) is 24.6. The van der Waals surface area contributed by atoms with Crippen LogP contribution in [0.25, 0.3) is 11.2 Å². The minimum atomic E-state index is -1.13. The van der Waals surface area contributed by atoms with Gasteiger partial charge in [-0.15, -0.1) is 11.8 Å². The van der Waals surface area contributed by atoms with E-state index in [4.69, 9.17) is 10.5 Å². The summed E-state index contributed by atoms with van der Waals surface area (Å²) in [4.78, 5) is 18.0. The number of benzene rings is 1. The highest BCUT2D eigenvalue weighted by Gasteiger charge is 2.44. The third-order valence-electron chi connectivity index (χ3n) is 5.44. The Kier molecular flexibility index (Phi) is 5.48. The molecule has 2 aliphatic heterocycles. The third kappa shape index (κ3) is 3.74. The zero-order valence-corrected chi connectivity index (χ0v) is 17.4. The van der Waals surface area contributed by atoms with E-state index in [1.165, 1.54) is 12.7 Å². The van der Waals surface area contributed by atoms with Gasteiger partial charge < -0.3 is 26.0 Å². The number of nitrogen functional groups attached to an aromatic ring is 1. The summed E-state index contributed by atoms with van der Waals surface area (Å²) >= 11 is 1.56. The van der Waals surface area contributed by atoms with Crippen LogP contribution in [0.15, 0.2) is 46.8 Å². The molecule has 4 atom stereocenters. The van der Waals surface area contributed by atoms with Crippen LogP contribution in [0, 0.1) is 0 Å². The second-order valence-electron chi connectivity index (χ2n) is 7.45. The smallest absolute Gasteiger partial charge is 0.167 e. The molecule has 0 spiro atoms. The monoisotopic (exact) mass is 441 g/mol. The molecule has 31 heavy (non-hydrogen) atoms. The van der Waals surface area contributed by atoms with Gasteiger partial charge in [0.05, 0.1) is 12.4 Å². The SMILES string of the molecule is Nc1ncnc2c1ncn2[C@@H]1O[C@H](CSc2ccccc2C2=NCCCN2)[C@@H](O)[C@H]1O. The normalized spacial score (nSPS) is 26.1. The highest BCUT2D eigenvalue weighted by atomic mass is 32.2. The van der Waals surface area contributed by atoms with E-state index in [0.29, 0.717) is 16.9 Å². The van der Waals surface area contributed by atoms with Gasteiger partial charge in [-0.3, -0.25) is 9.56 Å². The number of aliphatic imine (C=N–C) groups is 1. The van der Waals surface area contributed by atoms with E-state index in [1.807, 2.05) is 24.3 Å². The number of nitrogens with zero attached hydrogens (tertiary/aromatic N) is 5. The molecule has 0 bridgehead atoms. The number of aliphatic hydroxyl groups excluding tert-OH is 2. The van der Waals surface area contributed by atoms with E-state index in [2.05, 4.69) is 25.3 Å². The predicted octanol–water partition coefficient (Wildman–Crippen LogP) is 0.560. The maximum atomic E-state index is 10.6. The topological polar surface area (TPSA) is 144 Å². The van der Waals surface area contributed by atoms with Crippen molar-refractivity contribution < 1.29 is 14.9 Å². The quantitative estimate of drug-likeness (QED) is 0.417. The highest BCUT2D eigenvalue weighted by molar-refractivity contribution is 7.99. The first-order valence-electron chi connectivity index (χ1n) is 10.1. The van der Waals surface area contributed by atoms with Gasteiger partial charge in [-0.05, 0) is 12.5 Å². The Balaban J connectivity index is 1.34. The fourth-order valence-corrected chi connectivity index (χ4v) is 4.94. The molecule has 0 radical (unpaired) electrons. The summed E-state index contributed by atoms with van der Waals surface area (Å²) in [6, 6.07) is 8.01. The van der Waals surface area contributed by atoms with E-state index in [-0.39, 0.29) is 5.82 Å². The Bertz CT molecular complexity index is 1120. The van der Waals surface area contributed by atoms with Gasteiger partial charge >= 0.3 is 0 Å². The first-order valence-corrected chi connectivity index (χ1v) is 11.1. The first kappa shape index (κ1) is 20.2. The van der Waals surface area contributed by atoms with Crippen LogP contribution < -0.4 is 11.1 Å². The van der Waals surface area contributed by atoms with Gasteiger partial charge in [-0.25, -0.2) is 15.0 Å². The summed E-state index contributed by atoms with van der Waals surface area (Å²) < 4.78 is 7.62. The summed E-state index contributed by atoms with van der Waals surface area (Å²) in [7, 11) is 0. The Hall–Kier alpha value is -2.73. The molecular formula is C20H23N7O3S. The molecule has 0 unspecified atom stereocenters. The summed E-state index contributed by atoms with van der Waals surface area (Å²) in [6.45, 7) is 1.72. The van der Waals surface area contributed by atoms with Crippen LogP contribution in [0.5, 0.6) is 0 Å². The minimum Gasteiger partial charge on any atom is -0.387 e. The van der Waals surface area contributed by atoms with Crippen LogP contribution in [0.2, 0.25) is 0 Å². The van der Waals surface area contributed by atoms with Gasteiger partial charge in [-0.2, -0.15) is 0 Å². The molecule has 1 fully saturated rings.